The second-order valence-electron chi connectivity index (χ2n) is 6.36. The molecular formula is C21H25NO4. The van der Waals surface area contributed by atoms with E-state index in [0.29, 0.717) is 24.3 Å². The molecule has 0 aliphatic carbocycles. The van der Waals surface area contributed by atoms with Crippen LogP contribution in [0.1, 0.15) is 43.2 Å². The van der Waals surface area contributed by atoms with E-state index in [2.05, 4.69) is 5.32 Å². The maximum absolute atomic E-state index is 12.0. The number of hydrogen-bond acceptors (Lipinski definition) is 3. The molecule has 0 spiro atoms. The van der Waals surface area contributed by atoms with Gasteiger partial charge in [-0.15, -0.1) is 0 Å². The second-order valence-corrected chi connectivity index (χ2v) is 6.36. The van der Waals surface area contributed by atoms with E-state index in [1.807, 2.05) is 31.2 Å². The fourth-order valence-electron chi connectivity index (χ4n) is 2.53. The van der Waals surface area contributed by atoms with Crippen LogP contribution in [0.5, 0.6) is 5.75 Å². The average Bonchev–Trinajstić information content (AvgIpc) is 2.61. The Morgan fingerprint density at radius 2 is 1.88 bits per heavy atom. The largest absolute Gasteiger partial charge is 0.494 e. The van der Waals surface area contributed by atoms with E-state index in [0.717, 1.165) is 24.2 Å². The Morgan fingerprint density at radius 3 is 2.62 bits per heavy atom. The number of hydrogen-bond donors (Lipinski definition) is 2. The topological polar surface area (TPSA) is 75.6 Å². The molecule has 0 radical (unpaired) electrons. The second kappa shape index (κ2) is 9.61. The summed E-state index contributed by atoms with van der Waals surface area (Å²) in [6.45, 7) is 4.21. The minimum absolute atomic E-state index is 0.0827. The molecular weight excluding hydrogens is 330 g/mol. The number of benzene rings is 2. The number of ether oxygens (including phenoxy) is 1. The summed E-state index contributed by atoms with van der Waals surface area (Å²) in [6.07, 6.45) is 1.91. The Bertz CT molecular complexity index is 757. The van der Waals surface area contributed by atoms with E-state index in [9.17, 15) is 9.59 Å². The molecule has 0 aliphatic heterocycles. The average molecular weight is 355 g/mol. The van der Waals surface area contributed by atoms with Crippen molar-refractivity contribution in [3.8, 4) is 5.75 Å². The smallest absolute Gasteiger partial charge is 0.310 e. The Kier molecular flexibility index (Phi) is 7.21. The van der Waals surface area contributed by atoms with E-state index in [1.165, 1.54) is 0 Å². The van der Waals surface area contributed by atoms with Gasteiger partial charge in [-0.1, -0.05) is 24.3 Å². The van der Waals surface area contributed by atoms with Crippen LogP contribution < -0.4 is 10.1 Å². The molecule has 5 heteroatoms. The normalized spacial score (nSPS) is 11.6. The third kappa shape index (κ3) is 6.24. The van der Waals surface area contributed by atoms with Gasteiger partial charge in [-0.2, -0.15) is 0 Å². The van der Waals surface area contributed by atoms with Crippen molar-refractivity contribution < 1.29 is 19.4 Å². The first-order valence-electron chi connectivity index (χ1n) is 8.78. The SMILES string of the molecule is Cc1cccc(OCCCCC(=O)Nc2cccc(C(C)C(=O)O)c2)c1. The number of aryl methyl sites for hydroxylation is 1. The van der Waals surface area contributed by atoms with Crippen LogP contribution in [0, 0.1) is 6.92 Å². The van der Waals surface area contributed by atoms with Crippen molar-refractivity contribution in [1.82, 2.24) is 0 Å². The van der Waals surface area contributed by atoms with Gasteiger partial charge in [-0.05, 0) is 62.1 Å². The maximum atomic E-state index is 12.0. The van der Waals surface area contributed by atoms with E-state index in [1.54, 1.807) is 31.2 Å². The number of carbonyl (C=O) groups excluding carboxylic acids is 1. The summed E-state index contributed by atoms with van der Waals surface area (Å²) in [5.74, 6) is -0.729. The predicted octanol–water partition coefficient (Wildman–Crippen LogP) is 4.37. The van der Waals surface area contributed by atoms with Crippen molar-refractivity contribution in [1.29, 1.82) is 0 Å². The first-order valence-corrected chi connectivity index (χ1v) is 8.78. The highest BCUT2D eigenvalue weighted by Gasteiger charge is 2.14. The summed E-state index contributed by atoms with van der Waals surface area (Å²) in [5.41, 5.74) is 2.44. The van der Waals surface area contributed by atoms with Gasteiger partial charge in [0.25, 0.3) is 0 Å². The van der Waals surface area contributed by atoms with Gasteiger partial charge in [-0.25, -0.2) is 0 Å². The third-order valence-electron chi connectivity index (χ3n) is 4.10. The van der Waals surface area contributed by atoms with E-state index in [-0.39, 0.29) is 5.91 Å². The number of rotatable bonds is 9. The van der Waals surface area contributed by atoms with Gasteiger partial charge in [0.05, 0.1) is 12.5 Å². The molecule has 2 rings (SSSR count). The molecule has 2 N–H and O–H groups in total. The molecule has 2 aromatic rings. The molecule has 26 heavy (non-hydrogen) atoms. The van der Waals surface area contributed by atoms with Crippen molar-refractivity contribution in [3.05, 3.63) is 59.7 Å². The summed E-state index contributed by atoms with van der Waals surface area (Å²) in [5, 5.41) is 11.9. The first-order chi connectivity index (χ1) is 12.5. The number of unbranched alkanes of at least 4 members (excludes halogenated alkanes) is 1. The minimum atomic E-state index is -0.887. The van der Waals surface area contributed by atoms with Crippen molar-refractivity contribution >= 4 is 17.6 Å². The number of carbonyl (C=O) groups is 2. The van der Waals surface area contributed by atoms with Crippen LogP contribution >= 0.6 is 0 Å². The van der Waals surface area contributed by atoms with Crippen molar-refractivity contribution in [3.63, 3.8) is 0 Å². The zero-order valence-corrected chi connectivity index (χ0v) is 15.2. The van der Waals surface area contributed by atoms with Crippen LogP contribution in [0.15, 0.2) is 48.5 Å². The molecule has 0 aliphatic rings. The molecule has 2 aromatic carbocycles. The minimum Gasteiger partial charge on any atom is -0.494 e. The van der Waals surface area contributed by atoms with Crippen LogP contribution in [0.3, 0.4) is 0 Å². The van der Waals surface area contributed by atoms with Gasteiger partial charge >= 0.3 is 5.97 Å². The lowest BCUT2D eigenvalue weighted by Crippen LogP contribution is -2.13. The number of nitrogens with one attached hydrogen (secondary N) is 1. The van der Waals surface area contributed by atoms with Gasteiger partial charge < -0.3 is 15.2 Å². The number of carboxylic acids is 1. The highest BCUT2D eigenvalue weighted by Crippen LogP contribution is 2.20. The van der Waals surface area contributed by atoms with Crippen LogP contribution in [0.25, 0.3) is 0 Å². The maximum Gasteiger partial charge on any atom is 0.310 e. The molecule has 1 unspecified atom stereocenters. The molecule has 0 saturated heterocycles. The standard InChI is InChI=1S/C21H25NO4/c1-15-7-5-10-19(13-15)26-12-4-3-11-20(23)22-18-9-6-8-17(14-18)16(2)21(24)25/h5-10,13-14,16H,3-4,11-12H2,1-2H3,(H,22,23)(H,24,25). The lowest BCUT2D eigenvalue weighted by molar-refractivity contribution is -0.138. The molecule has 1 atom stereocenters. The Balaban J connectivity index is 1.72. The van der Waals surface area contributed by atoms with Gasteiger partial charge in [0.1, 0.15) is 5.75 Å². The molecule has 0 heterocycles. The molecule has 0 saturated carbocycles. The highest BCUT2D eigenvalue weighted by molar-refractivity contribution is 5.91. The Labute approximate surface area is 154 Å². The molecule has 0 aromatic heterocycles. The van der Waals surface area contributed by atoms with Crippen LogP contribution in [-0.2, 0) is 9.59 Å². The number of anilines is 1. The van der Waals surface area contributed by atoms with Crippen LogP contribution in [-0.4, -0.2) is 23.6 Å². The molecule has 0 bridgehead atoms. The summed E-state index contributed by atoms with van der Waals surface area (Å²) in [4.78, 5) is 23.1. The fraction of sp³-hybridized carbons (Fsp3) is 0.333. The fourth-order valence-corrected chi connectivity index (χ4v) is 2.53. The van der Waals surface area contributed by atoms with Crippen molar-refractivity contribution in [2.45, 2.75) is 39.0 Å². The monoisotopic (exact) mass is 355 g/mol. The summed E-state index contributed by atoms with van der Waals surface area (Å²) in [6, 6.07) is 14.8. The number of aliphatic carboxylic acids is 1. The van der Waals surface area contributed by atoms with Crippen molar-refractivity contribution in [2.24, 2.45) is 0 Å². The van der Waals surface area contributed by atoms with Crippen LogP contribution in [0.2, 0.25) is 0 Å². The zero-order chi connectivity index (χ0) is 18.9. The Hall–Kier alpha value is -2.82. The third-order valence-corrected chi connectivity index (χ3v) is 4.10. The van der Waals surface area contributed by atoms with E-state index < -0.39 is 11.9 Å². The summed E-state index contributed by atoms with van der Waals surface area (Å²) in [7, 11) is 0. The van der Waals surface area contributed by atoms with E-state index in [4.69, 9.17) is 9.84 Å². The van der Waals surface area contributed by atoms with Gasteiger partial charge in [0.2, 0.25) is 5.91 Å². The van der Waals surface area contributed by atoms with Gasteiger partial charge in [-0.3, -0.25) is 9.59 Å². The van der Waals surface area contributed by atoms with Gasteiger partial charge in [0, 0.05) is 12.1 Å². The summed E-state index contributed by atoms with van der Waals surface area (Å²) >= 11 is 0. The predicted molar refractivity (Wildman–Crippen MR) is 102 cm³/mol. The van der Waals surface area contributed by atoms with Crippen LogP contribution in [0.4, 0.5) is 5.69 Å². The molecule has 5 nitrogen and oxygen atoms in total. The lowest BCUT2D eigenvalue weighted by Gasteiger charge is -2.10. The molecule has 1 amide bonds. The molecule has 0 fully saturated rings. The number of amides is 1. The molecule has 138 valence electrons. The Morgan fingerprint density at radius 1 is 1.12 bits per heavy atom. The highest BCUT2D eigenvalue weighted by atomic mass is 16.5. The van der Waals surface area contributed by atoms with Gasteiger partial charge in [0.15, 0.2) is 0 Å². The van der Waals surface area contributed by atoms with E-state index >= 15 is 0 Å². The van der Waals surface area contributed by atoms with Crippen molar-refractivity contribution in [2.75, 3.05) is 11.9 Å². The quantitative estimate of drug-likeness (QED) is 0.655. The number of carboxylic acid groups (broad SMARTS) is 1. The zero-order valence-electron chi connectivity index (χ0n) is 15.2. The first kappa shape index (κ1) is 19.5. The summed E-state index contributed by atoms with van der Waals surface area (Å²) < 4.78 is 5.66. The lowest BCUT2D eigenvalue weighted by atomic mass is 10.0.